The highest BCUT2D eigenvalue weighted by atomic mass is 32.2. The molecule has 0 unspecified atom stereocenters. The number of nitrogens with one attached hydrogen (secondary N) is 2. The van der Waals surface area contributed by atoms with E-state index in [9.17, 15) is 13.2 Å². The summed E-state index contributed by atoms with van der Waals surface area (Å²) in [6.07, 6.45) is 8.58. The van der Waals surface area contributed by atoms with E-state index in [4.69, 9.17) is 11.2 Å². The lowest BCUT2D eigenvalue weighted by atomic mass is 9.70. The van der Waals surface area contributed by atoms with Crippen LogP contribution in [0.15, 0.2) is 40.8 Å². The van der Waals surface area contributed by atoms with Gasteiger partial charge in [-0.2, -0.15) is 0 Å². The fourth-order valence-corrected chi connectivity index (χ4v) is 5.07. The summed E-state index contributed by atoms with van der Waals surface area (Å²) in [6.45, 7) is 6.85. The number of hydrogen-bond acceptors (Lipinski definition) is 4. The maximum absolute atomic E-state index is 12.7. The molecule has 0 heterocycles. The Labute approximate surface area is 180 Å². The highest BCUT2D eigenvalue weighted by Crippen LogP contribution is 2.38. The Balaban J connectivity index is 2.09. The van der Waals surface area contributed by atoms with Crippen molar-refractivity contribution in [2.24, 2.45) is 23.7 Å². The zero-order chi connectivity index (χ0) is 22.3. The number of carbonyl (C=O) groups is 1. The van der Waals surface area contributed by atoms with Gasteiger partial charge in [0.25, 0.3) is 0 Å². The number of amides is 1. The van der Waals surface area contributed by atoms with E-state index in [0.717, 1.165) is 12.0 Å². The molecule has 0 bridgehead atoms. The number of sulfonamides is 1. The quantitative estimate of drug-likeness (QED) is 0.464. The summed E-state index contributed by atoms with van der Waals surface area (Å²) >= 11 is 0. The number of allylic oxidation sites excluding steroid dienone is 1. The van der Waals surface area contributed by atoms with Crippen LogP contribution in [0.2, 0.25) is 0 Å². The van der Waals surface area contributed by atoms with Crippen LogP contribution in [0, 0.1) is 36.0 Å². The molecule has 0 radical (unpaired) electrons. The summed E-state index contributed by atoms with van der Waals surface area (Å²) in [7, 11) is -2.07. The Morgan fingerprint density at radius 3 is 2.53 bits per heavy atom. The molecule has 0 spiro atoms. The predicted molar refractivity (Wildman–Crippen MR) is 118 cm³/mol. The normalized spacial score (nSPS) is 21.6. The second kappa shape index (κ2) is 10.6. The van der Waals surface area contributed by atoms with Gasteiger partial charge in [-0.15, -0.1) is 6.42 Å². The van der Waals surface area contributed by atoms with Crippen LogP contribution in [0.25, 0.3) is 0 Å². The fraction of sp³-hybridized carbons (Fsp3) is 0.522. The SMILES string of the molecule is C#CCNC(=O)C[C@@H]1C[C@@H](C(C)C)[C@H](CNS(=O)(=O)c2ccc(OC)cc2)C=C1C. The van der Waals surface area contributed by atoms with Crippen LogP contribution in [-0.4, -0.2) is 34.5 Å². The highest BCUT2D eigenvalue weighted by molar-refractivity contribution is 7.89. The standard InChI is InChI=1S/C23H32N2O4S/c1-6-11-24-23(26)14-18-13-22(16(2)3)19(12-17(18)4)15-25-30(27,28)21-9-7-20(29-5)8-10-21/h1,7-10,12,16,18-19,22,25H,11,13-15H2,2-5H3,(H,24,26)/t18-,19-,22-/m0/s1. The van der Waals surface area contributed by atoms with Crippen molar-refractivity contribution >= 4 is 15.9 Å². The van der Waals surface area contributed by atoms with Crippen molar-refractivity contribution in [2.75, 3.05) is 20.2 Å². The lowest BCUT2D eigenvalue weighted by Crippen LogP contribution is -2.37. The van der Waals surface area contributed by atoms with Gasteiger partial charge in [-0.3, -0.25) is 4.79 Å². The first-order valence-corrected chi connectivity index (χ1v) is 11.7. The average Bonchev–Trinajstić information content (AvgIpc) is 2.72. The molecule has 7 heteroatoms. The van der Waals surface area contributed by atoms with Crippen molar-refractivity contribution in [1.29, 1.82) is 0 Å². The number of hydrogen-bond donors (Lipinski definition) is 2. The monoisotopic (exact) mass is 432 g/mol. The zero-order valence-corrected chi connectivity index (χ0v) is 19.0. The summed E-state index contributed by atoms with van der Waals surface area (Å²) in [4.78, 5) is 12.3. The molecular weight excluding hydrogens is 400 g/mol. The van der Waals surface area contributed by atoms with E-state index in [0.29, 0.717) is 24.6 Å². The molecule has 0 fully saturated rings. The molecule has 6 nitrogen and oxygen atoms in total. The third-order valence-electron chi connectivity index (χ3n) is 5.78. The van der Waals surface area contributed by atoms with Gasteiger partial charge < -0.3 is 10.1 Å². The second-order valence-corrected chi connectivity index (χ2v) is 9.89. The molecule has 0 aliphatic heterocycles. The average molecular weight is 433 g/mol. The lowest BCUT2D eigenvalue weighted by molar-refractivity contribution is -0.121. The number of rotatable bonds is 9. The van der Waals surface area contributed by atoms with E-state index in [1.807, 2.05) is 6.92 Å². The summed E-state index contributed by atoms with van der Waals surface area (Å²) in [5.74, 6) is 3.83. The Hall–Kier alpha value is -2.30. The maximum Gasteiger partial charge on any atom is 0.240 e. The first kappa shape index (κ1) is 24.0. The molecule has 3 atom stereocenters. The van der Waals surface area contributed by atoms with Crippen molar-refractivity contribution < 1.29 is 17.9 Å². The van der Waals surface area contributed by atoms with E-state index < -0.39 is 10.0 Å². The molecule has 1 aromatic rings. The van der Waals surface area contributed by atoms with E-state index in [2.05, 4.69) is 35.9 Å². The molecule has 0 saturated carbocycles. The van der Waals surface area contributed by atoms with Gasteiger partial charge in [-0.1, -0.05) is 31.4 Å². The van der Waals surface area contributed by atoms with Crippen molar-refractivity contribution in [3.05, 3.63) is 35.9 Å². The molecule has 1 amide bonds. The van der Waals surface area contributed by atoms with Crippen LogP contribution in [0.5, 0.6) is 5.75 Å². The van der Waals surface area contributed by atoms with Gasteiger partial charge >= 0.3 is 0 Å². The molecule has 2 rings (SSSR count). The molecule has 1 aliphatic carbocycles. The molecule has 1 aliphatic rings. The van der Waals surface area contributed by atoms with Crippen molar-refractivity contribution in [2.45, 2.75) is 38.5 Å². The minimum Gasteiger partial charge on any atom is -0.497 e. The van der Waals surface area contributed by atoms with Crippen molar-refractivity contribution in [3.8, 4) is 18.1 Å². The first-order valence-electron chi connectivity index (χ1n) is 10.2. The number of carbonyl (C=O) groups excluding carboxylic acids is 1. The van der Waals surface area contributed by atoms with Gasteiger partial charge in [0.1, 0.15) is 5.75 Å². The Morgan fingerprint density at radius 1 is 1.30 bits per heavy atom. The minimum atomic E-state index is -3.61. The third kappa shape index (κ3) is 6.35. The molecule has 30 heavy (non-hydrogen) atoms. The third-order valence-corrected chi connectivity index (χ3v) is 7.22. The first-order chi connectivity index (χ1) is 14.2. The van der Waals surface area contributed by atoms with Gasteiger partial charge in [0.05, 0.1) is 18.6 Å². The van der Waals surface area contributed by atoms with E-state index >= 15 is 0 Å². The molecule has 1 aromatic carbocycles. The zero-order valence-electron chi connectivity index (χ0n) is 18.1. The summed E-state index contributed by atoms with van der Waals surface area (Å²) < 4.78 is 33.2. The number of ether oxygens (including phenoxy) is 1. The smallest absolute Gasteiger partial charge is 0.240 e. The number of benzene rings is 1. The van der Waals surface area contributed by atoms with Gasteiger partial charge in [0.2, 0.25) is 15.9 Å². The van der Waals surface area contributed by atoms with Crippen LogP contribution < -0.4 is 14.8 Å². The summed E-state index contributed by atoms with van der Waals surface area (Å²) in [6, 6.07) is 6.33. The van der Waals surface area contributed by atoms with Gasteiger partial charge in [-0.25, -0.2) is 13.1 Å². The molecule has 2 N–H and O–H groups in total. The van der Waals surface area contributed by atoms with Gasteiger partial charge in [0.15, 0.2) is 0 Å². The topological polar surface area (TPSA) is 84.5 Å². The van der Waals surface area contributed by atoms with Crippen LogP contribution in [0.4, 0.5) is 0 Å². The largest absolute Gasteiger partial charge is 0.497 e. The molecular formula is C23H32N2O4S. The highest BCUT2D eigenvalue weighted by Gasteiger charge is 2.33. The van der Waals surface area contributed by atoms with E-state index in [-0.39, 0.29) is 35.1 Å². The minimum absolute atomic E-state index is 0.0492. The van der Waals surface area contributed by atoms with Gasteiger partial charge in [-0.05, 0) is 61.3 Å². The second-order valence-electron chi connectivity index (χ2n) is 8.13. The summed E-state index contributed by atoms with van der Waals surface area (Å²) in [5, 5.41) is 2.72. The maximum atomic E-state index is 12.7. The fourth-order valence-electron chi connectivity index (χ4n) is 4.00. The predicted octanol–water partition coefficient (Wildman–Crippen LogP) is 2.97. The lowest BCUT2D eigenvalue weighted by Gasteiger charge is -2.37. The van der Waals surface area contributed by atoms with E-state index in [1.54, 1.807) is 12.1 Å². The molecule has 0 saturated heterocycles. The van der Waals surface area contributed by atoms with Gasteiger partial charge in [0, 0.05) is 13.0 Å². The molecule has 0 aromatic heterocycles. The Morgan fingerprint density at radius 2 is 1.97 bits per heavy atom. The van der Waals surface area contributed by atoms with Crippen LogP contribution >= 0.6 is 0 Å². The van der Waals surface area contributed by atoms with Crippen molar-refractivity contribution in [1.82, 2.24) is 10.0 Å². The van der Waals surface area contributed by atoms with Crippen LogP contribution in [0.1, 0.15) is 33.6 Å². The number of methoxy groups -OCH3 is 1. The van der Waals surface area contributed by atoms with E-state index in [1.165, 1.54) is 19.2 Å². The Bertz CT molecular complexity index is 898. The summed E-state index contributed by atoms with van der Waals surface area (Å²) in [5.41, 5.74) is 1.12. The van der Waals surface area contributed by atoms with Crippen molar-refractivity contribution in [3.63, 3.8) is 0 Å². The van der Waals surface area contributed by atoms with Crippen LogP contribution in [0.3, 0.4) is 0 Å². The number of terminal acetylenes is 1. The Kier molecular flexibility index (Phi) is 8.51. The van der Waals surface area contributed by atoms with Crippen LogP contribution in [-0.2, 0) is 14.8 Å². The molecule has 164 valence electrons.